The van der Waals surface area contributed by atoms with Crippen molar-refractivity contribution in [2.75, 3.05) is 0 Å². The molecule has 1 saturated carbocycles. The van der Waals surface area contributed by atoms with Gasteiger partial charge in [0.25, 0.3) is 0 Å². The molecule has 4 N–H and O–H groups in total. The zero-order chi connectivity index (χ0) is 12.1. The summed E-state index contributed by atoms with van der Waals surface area (Å²) >= 11 is 0. The van der Waals surface area contributed by atoms with Crippen molar-refractivity contribution >= 4 is 11.9 Å². The molecule has 3 atom stereocenters. The van der Waals surface area contributed by atoms with E-state index in [0.29, 0.717) is 19.3 Å². The first kappa shape index (κ1) is 13.0. The summed E-state index contributed by atoms with van der Waals surface area (Å²) < 4.78 is 0. The molecule has 0 bridgehead atoms. The molecule has 0 spiro atoms. The second-order valence-electron chi connectivity index (χ2n) is 4.45. The van der Waals surface area contributed by atoms with Gasteiger partial charge in [0.05, 0.1) is 12.0 Å². The average molecular weight is 228 g/mol. The lowest BCUT2D eigenvalue weighted by molar-refractivity contribution is -0.141. The molecule has 0 aromatic heterocycles. The molecule has 5 nitrogen and oxygen atoms in total. The van der Waals surface area contributed by atoms with E-state index in [1.54, 1.807) is 0 Å². The molecule has 0 saturated heterocycles. The van der Waals surface area contributed by atoms with Crippen molar-refractivity contribution in [1.29, 1.82) is 0 Å². The molecule has 16 heavy (non-hydrogen) atoms. The minimum atomic E-state index is -0.769. The van der Waals surface area contributed by atoms with Gasteiger partial charge in [0.1, 0.15) is 0 Å². The van der Waals surface area contributed by atoms with E-state index in [1.807, 2.05) is 6.92 Å². The van der Waals surface area contributed by atoms with E-state index < -0.39 is 12.0 Å². The van der Waals surface area contributed by atoms with Crippen molar-refractivity contribution in [3.63, 3.8) is 0 Å². The summed E-state index contributed by atoms with van der Waals surface area (Å²) in [6.45, 7) is 1.98. The highest BCUT2D eigenvalue weighted by molar-refractivity contribution is 5.81. The fourth-order valence-corrected chi connectivity index (χ4v) is 2.09. The molecule has 1 aliphatic carbocycles. The average Bonchev–Trinajstić information content (AvgIpc) is 2.66. The molecule has 92 valence electrons. The summed E-state index contributed by atoms with van der Waals surface area (Å²) in [5.74, 6) is -1.24. The van der Waals surface area contributed by atoms with Crippen molar-refractivity contribution in [1.82, 2.24) is 5.32 Å². The topological polar surface area (TPSA) is 92.4 Å². The Morgan fingerprint density at radius 1 is 1.50 bits per heavy atom. The van der Waals surface area contributed by atoms with Crippen molar-refractivity contribution in [3.05, 3.63) is 0 Å². The first-order valence-electron chi connectivity index (χ1n) is 5.83. The van der Waals surface area contributed by atoms with Crippen LogP contribution in [0.25, 0.3) is 0 Å². The van der Waals surface area contributed by atoms with Gasteiger partial charge in [-0.05, 0) is 25.7 Å². The molecule has 1 rings (SSSR count). The number of nitrogens with two attached hydrogens (primary N) is 1. The van der Waals surface area contributed by atoms with E-state index in [9.17, 15) is 9.59 Å². The number of amides is 1. The van der Waals surface area contributed by atoms with E-state index in [0.717, 1.165) is 12.8 Å². The maximum atomic E-state index is 11.6. The Bertz CT molecular complexity index is 268. The smallest absolute Gasteiger partial charge is 0.306 e. The van der Waals surface area contributed by atoms with Gasteiger partial charge in [0.15, 0.2) is 0 Å². The highest BCUT2D eigenvalue weighted by Crippen LogP contribution is 2.25. The quantitative estimate of drug-likeness (QED) is 0.638. The van der Waals surface area contributed by atoms with Gasteiger partial charge in [0.2, 0.25) is 5.91 Å². The fourth-order valence-electron chi connectivity index (χ4n) is 2.09. The number of rotatable bonds is 5. The number of aliphatic carboxylic acids is 1. The van der Waals surface area contributed by atoms with Crippen LogP contribution in [-0.4, -0.2) is 29.1 Å². The summed E-state index contributed by atoms with van der Waals surface area (Å²) in [5, 5.41) is 11.6. The molecule has 0 aromatic carbocycles. The molecular weight excluding hydrogens is 208 g/mol. The van der Waals surface area contributed by atoms with Crippen molar-refractivity contribution < 1.29 is 14.7 Å². The number of hydrogen-bond acceptors (Lipinski definition) is 3. The summed E-state index contributed by atoms with van der Waals surface area (Å²) in [5.41, 5.74) is 5.67. The number of carbonyl (C=O) groups is 2. The van der Waals surface area contributed by atoms with Crippen LogP contribution in [0.3, 0.4) is 0 Å². The van der Waals surface area contributed by atoms with Gasteiger partial charge in [-0.2, -0.15) is 0 Å². The summed E-state index contributed by atoms with van der Waals surface area (Å²) in [4.78, 5) is 22.3. The maximum absolute atomic E-state index is 11.6. The van der Waals surface area contributed by atoms with Crippen molar-refractivity contribution in [2.24, 2.45) is 11.7 Å². The maximum Gasteiger partial charge on any atom is 0.306 e. The lowest BCUT2D eigenvalue weighted by Crippen LogP contribution is -2.44. The number of nitrogens with one attached hydrogen (secondary N) is 1. The normalized spacial score (nSPS) is 26.4. The first-order chi connectivity index (χ1) is 7.54. The van der Waals surface area contributed by atoms with Gasteiger partial charge < -0.3 is 16.2 Å². The zero-order valence-electron chi connectivity index (χ0n) is 9.61. The van der Waals surface area contributed by atoms with Crippen LogP contribution >= 0.6 is 0 Å². The lowest BCUT2D eigenvalue weighted by atomic mass is 10.1. The van der Waals surface area contributed by atoms with E-state index >= 15 is 0 Å². The van der Waals surface area contributed by atoms with E-state index in [4.69, 9.17) is 10.8 Å². The van der Waals surface area contributed by atoms with Gasteiger partial charge in [-0.1, -0.05) is 13.3 Å². The first-order valence-corrected chi connectivity index (χ1v) is 5.83. The Hall–Kier alpha value is -1.10. The van der Waals surface area contributed by atoms with Crippen LogP contribution in [-0.2, 0) is 9.59 Å². The molecule has 2 unspecified atom stereocenters. The molecule has 5 heteroatoms. The standard InChI is InChI=1S/C11H20N2O3/c1-2-3-9(12)10(14)13-8-5-4-7(6-8)11(15)16/h7-9H,2-6,12H2,1H3,(H,13,14)(H,15,16)/t7?,8?,9-/m0/s1. The van der Waals surface area contributed by atoms with E-state index in [-0.39, 0.29) is 17.9 Å². The Kier molecular flexibility index (Phi) is 4.73. The third kappa shape index (κ3) is 3.48. The lowest BCUT2D eigenvalue weighted by Gasteiger charge is -2.16. The van der Waals surface area contributed by atoms with Crippen molar-refractivity contribution in [3.8, 4) is 0 Å². The fraction of sp³-hybridized carbons (Fsp3) is 0.818. The van der Waals surface area contributed by atoms with Gasteiger partial charge in [-0.25, -0.2) is 0 Å². The number of carboxylic acid groups (broad SMARTS) is 1. The van der Waals surface area contributed by atoms with Crippen molar-refractivity contribution in [2.45, 2.75) is 51.1 Å². The van der Waals surface area contributed by atoms with Crippen LogP contribution < -0.4 is 11.1 Å². The minimum absolute atomic E-state index is 0.0171. The van der Waals surface area contributed by atoms with Gasteiger partial charge in [-0.3, -0.25) is 9.59 Å². The third-order valence-corrected chi connectivity index (χ3v) is 3.06. The van der Waals surface area contributed by atoms with Gasteiger partial charge in [0, 0.05) is 6.04 Å². The molecule has 1 fully saturated rings. The highest BCUT2D eigenvalue weighted by atomic mass is 16.4. The van der Waals surface area contributed by atoms with E-state index in [1.165, 1.54) is 0 Å². The number of hydrogen-bond donors (Lipinski definition) is 3. The Morgan fingerprint density at radius 2 is 2.19 bits per heavy atom. The molecule has 0 aliphatic heterocycles. The molecule has 1 amide bonds. The highest BCUT2D eigenvalue weighted by Gasteiger charge is 2.31. The van der Waals surface area contributed by atoms with Crippen LogP contribution in [0.1, 0.15) is 39.0 Å². The monoisotopic (exact) mass is 228 g/mol. The van der Waals surface area contributed by atoms with Crippen LogP contribution in [0.5, 0.6) is 0 Å². The van der Waals surface area contributed by atoms with Crippen LogP contribution in [0.15, 0.2) is 0 Å². The van der Waals surface area contributed by atoms with Gasteiger partial charge >= 0.3 is 5.97 Å². The Labute approximate surface area is 95.4 Å². The summed E-state index contributed by atoms with van der Waals surface area (Å²) in [6.07, 6.45) is 3.45. The summed E-state index contributed by atoms with van der Waals surface area (Å²) in [6, 6.07) is -0.481. The SMILES string of the molecule is CCC[C@H](N)C(=O)NC1CCC(C(=O)O)C1. The molecule has 0 radical (unpaired) electrons. The van der Waals surface area contributed by atoms with Crippen LogP contribution in [0, 0.1) is 5.92 Å². The van der Waals surface area contributed by atoms with E-state index in [2.05, 4.69) is 5.32 Å². The van der Waals surface area contributed by atoms with Crippen LogP contribution in [0.4, 0.5) is 0 Å². The molecule has 0 heterocycles. The minimum Gasteiger partial charge on any atom is -0.481 e. The molecule has 0 aromatic rings. The third-order valence-electron chi connectivity index (χ3n) is 3.06. The van der Waals surface area contributed by atoms with Gasteiger partial charge in [-0.15, -0.1) is 0 Å². The zero-order valence-corrected chi connectivity index (χ0v) is 9.61. The van der Waals surface area contributed by atoms with Crippen LogP contribution in [0.2, 0.25) is 0 Å². The number of carbonyl (C=O) groups excluding carboxylic acids is 1. The second kappa shape index (κ2) is 5.84. The number of carboxylic acids is 1. The Balaban J connectivity index is 2.33. The Morgan fingerprint density at radius 3 is 2.69 bits per heavy atom. The predicted octanol–water partition coefficient (Wildman–Crippen LogP) is 0.483. The largest absolute Gasteiger partial charge is 0.481 e. The molecule has 1 aliphatic rings. The summed E-state index contributed by atoms with van der Waals surface area (Å²) in [7, 11) is 0. The predicted molar refractivity (Wildman–Crippen MR) is 59.8 cm³/mol. The molecular formula is C11H20N2O3. The second-order valence-corrected chi connectivity index (χ2v) is 4.45.